The minimum Gasteiger partial charge on any atom is -0.376 e. The maximum absolute atomic E-state index is 15.9. The van der Waals surface area contributed by atoms with Crippen LogP contribution in [0.1, 0.15) is 62.8 Å². The molecule has 10 heteroatoms. The summed E-state index contributed by atoms with van der Waals surface area (Å²) in [5.74, 6) is 0.105. The molecule has 3 saturated heterocycles. The molecule has 0 saturated carbocycles. The molecule has 228 valence electrons. The minimum absolute atomic E-state index is 0.159. The number of likely N-dealkylation sites (tertiary alicyclic amines) is 2. The first-order chi connectivity index (χ1) is 19.8. The summed E-state index contributed by atoms with van der Waals surface area (Å²) in [5.41, 5.74) is 1.60. The number of hydrogen-bond donors (Lipinski definition) is 2. The van der Waals surface area contributed by atoms with Crippen LogP contribution in [-0.2, 0) is 14.4 Å². The van der Waals surface area contributed by atoms with E-state index in [-0.39, 0.29) is 24.7 Å². The molecule has 0 bridgehead atoms. The predicted octanol–water partition coefficient (Wildman–Crippen LogP) is 2.54. The fraction of sp³-hybridized carbons (Fsp3) is 0.710. The Labute approximate surface area is 244 Å². The zero-order valence-corrected chi connectivity index (χ0v) is 25.1. The van der Waals surface area contributed by atoms with Crippen molar-refractivity contribution in [1.29, 1.82) is 0 Å². The molecular formula is C31H49FN6O3. The van der Waals surface area contributed by atoms with Gasteiger partial charge in [-0.1, -0.05) is 12.1 Å². The molecular weight excluding hydrogens is 523 g/mol. The topological polar surface area (TPSA) is 88.2 Å². The molecule has 3 fully saturated rings. The van der Waals surface area contributed by atoms with Gasteiger partial charge in [0.2, 0.25) is 12.3 Å². The van der Waals surface area contributed by atoms with Crippen LogP contribution in [0.4, 0.5) is 15.8 Å². The Morgan fingerprint density at radius 3 is 2.39 bits per heavy atom. The van der Waals surface area contributed by atoms with Crippen molar-refractivity contribution in [3.63, 3.8) is 0 Å². The predicted molar refractivity (Wildman–Crippen MR) is 161 cm³/mol. The Bertz CT molecular complexity index is 1020. The number of piperidine rings is 3. The van der Waals surface area contributed by atoms with Gasteiger partial charge >= 0.3 is 0 Å². The van der Waals surface area contributed by atoms with Gasteiger partial charge in [-0.3, -0.25) is 9.59 Å². The number of carbonyl (C=O) groups excluding carboxylic acids is 3. The third-order valence-electron chi connectivity index (χ3n) is 9.40. The van der Waals surface area contributed by atoms with E-state index in [0.29, 0.717) is 37.5 Å². The summed E-state index contributed by atoms with van der Waals surface area (Å²) in [5, 5.41) is 5.99. The third kappa shape index (κ3) is 7.84. The van der Waals surface area contributed by atoms with Crippen LogP contribution < -0.4 is 20.4 Å². The van der Waals surface area contributed by atoms with E-state index >= 15 is 4.39 Å². The van der Waals surface area contributed by atoms with Crippen LogP contribution in [0.3, 0.4) is 0 Å². The van der Waals surface area contributed by atoms with Crippen LogP contribution in [0.25, 0.3) is 0 Å². The largest absolute Gasteiger partial charge is 0.376 e. The Hall–Kier alpha value is -2.56. The van der Waals surface area contributed by atoms with Crippen molar-refractivity contribution in [1.82, 2.24) is 20.4 Å². The molecule has 2 amide bonds. The number of nitrogens with one attached hydrogen (secondary N) is 2. The van der Waals surface area contributed by atoms with Gasteiger partial charge in [-0.25, -0.2) is 4.39 Å². The van der Waals surface area contributed by atoms with Crippen LogP contribution in [-0.4, -0.2) is 113 Å². The van der Waals surface area contributed by atoms with Crippen molar-refractivity contribution in [2.45, 2.75) is 75.0 Å². The summed E-state index contributed by atoms with van der Waals surface area (Å²) in [7, 11) is 5.45. The SMILES string of the molecule is CNC(=O)CCC(C=O)N(C=O)c1cccc(C2CCN(CC3(F)CCN(C4CCNCC4)CC3)CC2)c1N(C)C. The number of halogens is 1. The van der Waals surface area contributed by atoms with Crippen molar-refractivity contribution in [2.24, 2.45) is 0 Å². The highest BCUT2D eigenvalue weighted by Gasteiger charge is 2.39. The number of rotatable bonds is 12. The van der Waals surface area contributed by atoms with E-state index in [9.17, 15) is 14.4 Å². The highest BCUT2D eigenvalue weighted by atomic mass is 19.1. The van der Waals surface area contributed by atoms with Gasteiger partial charge < -0.3 is 35.0 Å². The lowest BCUT2D eigenvalue weighted by atomic mass is 9.85. The lowest BCUT2D eigenvalue weighted by Crippen LogP contribution is -2.53. The lowest BCUT2D eigenvalue weighted by Gasteiger charge is -2.44. The monoisotopic (exact) mass is 572 g/mol. The highest BCUT2D eigenvalue weighted by molar-refractivity contribution is 5.90. The molecule has 0 aromatic heterocycles. The standard InChI is InChI=1S/C31H49FN6O3/c1-33-29(41)8-7-26(21-39)38(23-40)28-6-4-5-27(30(28)35(2)3)24-11-17-36(18-12-24)22-31(32)13-19-37(20-14-31)25-9-15-34-16-10-25/h4-6,21,23-26,34H,7-20,22H2,1-3H3,(H,33,41). The number of para-hydroxylation sites is 1. The Morgan fingerprint density at radius 1 is 1.12 bits per heavy atom. The molecule has 3 aliphatic rings. The first-order valence-electron chi connectivity index (χ1n) is 15.3. The van der Waals surface area contributed by atoms with E-state index < -0.39 is 11.7 Å². The summed E-state index contributed by atoms with van der Waals surface area (Å²) < 4.78 is 15.9. The molecule has 9 nitrogen and oxygen atoms in total. The number of carbonyl (C=O) groups is 3. The normalized spacial score (nSPS) is 21.7. The number of amides is 2. The van der Waals surface area contributed by atoms with Crippen molar-refractivity contribution < 1.29 is 18.8 Å². The zero-order chi connectivity index (χ0) is 29.4. The molecule has 1 aromatic rings. The molecule has 0 aliphatic carbocycles. The number of hydrogen-bond acceptors (Lipinski definition) is 7. The van der Waals surface area contributed by atoms with Gasteiger partial charge in [-0.05, 0) is 88.7 Å². The fourth-order valence-electron chi connectivity index (χ4n) is 6.99. The van der Waals surface area contributed by atoms with E-state index in [2.05, 4.69) is 26.5 Å². The maximum atomic E-state index is 15.9. The van der Waals surface area contributed by atoms with Crippen molar-refractivity contribution in [3.05, 3.63) is 23.8 Å². The summed E-state index contributed by atoms with van der Waals surface area (Å²) >= 11 is 0. The van der Waals surface area contributed by atoms with Crippen molar-refractivity contribution in [2.75, 3.05) is 76.8 Å². The van der Waals surface area contributed by atoms with Crippen LogP contribution in [0, 0.1) is 0 Å². The average molecular weight is 573 g/mol. The van der Waals surface area contributed by atoms with E-state index in [0.717, 1.165) is 69.6 Å². The van der Waals surface area contributed by atoms with Crippen LogP contribution in [0.5, 0.6) is 0 Å². The molecule has 2 N–H and O–H groups in total. The molecule has 3 aliphatic heterocycles. The van der Waals surface area contributed by atoms with E-state index in [4.69, 9.17) is 0 Å². The quantitative estimate of drug-likeness (QED) is 0.372. The average Bonchev–Trinajstić information content (AvgIpc) is 2.99. The van der Waals surface area contributed by atoms with Gasteiger partial charge in [0.1, 0.15) is 12.0 Å². The van der Waals surface area contributed by atoms with Gasteiger partial charge in [0.25, 0.3) is 0 Å². The van der Waals surface area contributed by atoms with Gasteiger partial charge in [0, 0.05) is 53.2 Å². The Balaban J connectivity index is 1.39. The summed E-state index contributed by atoms with van der Waals surface area (Å²) in [6.45, 7) is 6.03. The van der Waals surface area contributed by atoms with Gasteiger partial charge in [-0.2, -0.15) is 0 Å². The Morgan fingerprint density at radius 2 is 1.80 bits per heavy atom. The maximum Gasteiger partial charge on any atom is 0.219 e. The number of aldehydes is 1. The zero-order valence-electron chi connectivity index (χ0n) is 25.1. The molecule has 1 aromatic carbocycles. The molecule has 1 atom stereocenters. The lowest BCUT2D eigenvalue weighted by molar-refractivity contribution is -0.121. The number of anilines is 2. The molecule has 41 heavy (non-hydrogen) atoms. The number of benzene rings is 1. The fourth-order valence-corrected chi connectivity index (χ4v) is 6.99. The van der Waals surface area contributed by atoms with E-state index in [1.54, 1.807) is 7.05 Å². The van der Waals surface area contributed by atoms with Crippen LogP contribution in [0.2, 0.25) is 0 Å². The summed E-state index contributed by atoms with van der Waals surface area (Å²) in [6.07, 6.45) is 7.22. The van der Waals surface area contributed by atoms with Gasteiger partial charge in [0.05, 0.1) is 17.4 Å². The molecule has 0 spiro atoms. The first kappa shape index (κ1) is 31.4. The molecule has 3 heterocycles. The summed E-state index contributed by atoms with van der Waals surface area (Å²) in [6, 6.07) is 5.78. The molecule has 1 unspecified atom stereocenters. The second-order valence-corrected chi connectivity index (χ2v) is 12.3. The second kappa shape index (κ2) is 14.6. The minimum atomic E-state index is -1.12. The Kier molecular flexibility index (Phi) is 11.1. The van der Waals surface area contributed by atoms with Gasteiger partial charge in [-0.15, -0.1) is 0 Å². The third-order valence-corrected chi connectivity index (χ3v) is 9.40. The van der Waals surface area contributed by atoms with Gasteiger partial charge in [0.15, 0.2) is 0 Å². The summed E-state index contributed by atoms with van der Waals surface area (Å²) in [4.78, 5) is 44.3. The van der Waals surface area contributed by atoms with Crippen molar-refractivity contribution in [3.8, 4) is 0 Å². The van der Waals surface area contributed by atoms with E-state index in [1.807, 2.05) is 31.1 Å². The van der Waals surface area contributed by atoms with Crippen LogP contribution in [0.15, 0.2) is 18.2 Å². The molecule has 0 radical (unpaired) electrons. The number of alkyl halides is 1. The second-order valence-electron chi connectivity index (χ2n) is 12.3. The van der Waals surface area contributed by atoms with E-state index in [1.165, 1.54) is 17.7 Å². The smallest absolute Gasteiger partial charge is 0.219 e. The highest BCUT2D eigenvalue weighted by Crippen LogP contribution is 2.41. The van der Waals surface area contributed by atoms with Crippen LogP contribution >= 0.6 is 0 Å². The first-order valence-corrected chi connectivity index (χ1v) is 15.3. The number of nitrogens with zero attached hydrogens (tertiary/aromatic N) is 4. The van der Waals surface area contributed by atoms with Crippen molar-refractivity contribution >= 4 is 30.0 Å². The molecule has 4 rings (SSSR count).